The molecule has 0 atom stereocenters. The number of nitrogens with zero attached hydrogens (tertiary/aromatic N) is 1. The molecule has 1 amide bonds. The number of nitrogens with one attached hydrogen (secondary N) is 2. The summed E-state index contributed by atoms with van der Waals surface area (Å²) in [7, 11) is 0. The van der Waals surface area contributed by atoms with Crippen LogP contribution in [0.5, 0.6) is 5.75 Å². The van der Waals surface area contributed by atoms with E-state index in [0.29, 0.717) is 12.2 Å². The highest BCUT2D eigenvalue weighted by Gasteiger charge is 2.30. The van der Waals surface area contributed by atoms with Crippen LogP contribution in [0.1, 0.15) is 39.2 Å². The number of carbonyl (C=O) groups is 1. The summed E-state index contributed by atoms with van der Waals surface area (Å²) in [6, 6.07) is 7.69. The monoisotopic (exact) mass is 315 g/mol. The lowest BCUT2D eigenvalue weighted by Gasteiger charge is -2.14. The van der Waals surface area contributed by atoms with Gasteiger partial charge >= 0.3 is 0 Å². The van der Waals surface area contributed by atoms with Gasteiger partial charge in [0.2, 0.25) is 5.96 Å². The standard InChI is InChI=1S/C18H25N3O2/c1-4-5-10-23-15-8-6-14(7-9-15)12-21-17(22)16(11-13(2)3)20-18(21)19/h6-9,11,13H,4-5,10,12H2,1-3H3,(H2,19,20)/b16-11-. The highest BCUT2D eigenvalue weighted by Crippen LogP contribution is 2.18. The van der Waals surface area contributed by atoms with Crippen LogP contribution in [0.4, 0.5) is 0 Å². The SMILES string of the molecule is CCCCOc1ccc(CN2C(=N)N/C(=C\C(C)C)C2=O)cc1. The molecule has 5 heteroatoms. The minimum Gasteiger partial charge on any atom is -0.494 e. The van der Waals surface area contributed by atoms with Gasteiger partial charge in [-0.05, 0) is 30.0 Å². The molecule has 1 aliphatic rings. The van der Waals surface area contributed by atoms with Crippen molar-refractivity contribution in [2.75, 3.05) is 6.61 Å². The first kappa shape index (κ1) is 17.1. The van der Waals surface area contributed by atoms with E-state index in [2.05, 4.69) is 12.2 Å². The lowest BCUT2D eigenvalue weighted by Crippen LogP contribution is -2.30. The van der Waals surface area contributed by atoms with Gasteiger partial charge in [-0.25, -0.2) is 0 Å². The highest BCUT2D eigenvalue weighted by molar-refractivity contribution is 6.12. The van der Waals surface area contributed by atoms with Crippen LogP contribution in [-0.2, 0) is 11.3 Å². The number of guanidine groups is 1. The van der Waals surface area contributed by atoms with Gasteiger partial charge in [0.1, 0.15) is 11.4 Å². The fraction of sp³-hybridized carbons (Fsp3) is 0.444. The minimum absolute atomic E-state index is 0.130. The molecule has 1 aliphatic heterocycles. The van der Waals surface area contributed by atoms with Crippen molar-refractivity contribution in [3.8, 4) is 5.75 Å². The summed E-state index contributed by atoms with van der Waals surface area (Å²) in [5.41, 5.74) is 1.46. The lowest BCUT2D eigenvalue weighted by atomic mass is 10.1. The van der Waals surface area contributed by atoms with E-state index in [4.69, 9.17) is 10.1 Å². The van der Waals surface area contributed by atoms with Crippen LogP contribution in [0.15, 0.2) is 36.0 Å². The molecule has 0 aliphatic carbocycles. The number of unbranched alkanes of at least 4 members (excludes halogenated alkanes) is 1. The molecule has 0 saturated carbocycles. The molecule has 0 spiro atoms. The lowest BCUT2D eigenvalue weighted by molar-refractivity contribution is -0.122. The first-order valence-electron chi connectivity index (χ1n) is 8.12. The van der Waals surface area contributed by atoms with Crippen LogP contribution in [0, 0.1) is 11.3 Å². The third kappa shape index (κ3) is 4.58. The summed E-state index contributed by atoms with van der Waals surface area (Å²) in [6.45, 7) is 7.25. The number of benzene rings is 1. The Balaban J connectivity index is 1.99. The molecule has 0 unspecified atom stereocenters. The third-order valence-electron chi connectivity index (χ3n) is 3.53. The van der Waals surface area contributed by atoms with Gasteiger partial charge in [0.05, 0.1) is 13.2 Å². The van der Waals surface area contributed by atoms with Crippen molar-refractivity contribution in [1.29, 1.82) is 5.41 Å². The average Bonchev–Trinajstić information content (AvgIpc) is 2.76. The van der Waals surface area contributed by atoms with Crippen molar-refractivity contribution in [1.82, 2.24) is 10.2 Å². The molecule has 1 heterocycles. The molecule has 1 aromatic rings. The number of rotatable bonds is 7. The summed E-state index contributed by atoms with van der Waals surface area (Å²) in [4.78, 5) is 13.8. The highest BCUT2D eigenvalue weighted by atomic mass is 16.5. The molecule has 23 heavy (non-hydrogen) atoms. The van der Waals surface area contributed by atoms with Crippen LogP contribution >= 0.6 is 0 Å². The molecule has 2 rings (SSSR count). The van der Waals surface area contributed by atoms with Gasteiger partial charge in [-0.3, -0.25) is 15.1 Å². The summed E-state index contributed by atoms with van der Waals surface area (Å²) in [5.74, 6) is 1.08. The van der Waals surface area contributed by atoms with E-state index in [1.165, 1.54) is 4.90 Å². The fourth-order valence-corrected chi connectivity index (χ4v) is 2.30. The Kier molecular flexibility index (Phi) is 5.79. The molecule has 2 N–H and O–H groups in total. The second kappa shape index (κ2) is 7.81. The van der Waals surface area contributed by atoms with Crippen LogP contribution in [0.3, 0.4) is 0 Å². The van der Waals surface area contributed by atoms with Gasteiger partial charge in [0, 0.05) is 0 Å². The van der Waals surface area contributed by atoms with E-state index < -0.39 is 0 Å². The van der Waals surface area contributed by atoms with Gasteiger partial charge in [-0.2, -0.15) is 0 Å². The Hall–Kier alpha value is -2.30. The number of carbonyl (C=O) groups excluding carboxylic acids is 1. The molecular weight excluding hydrogens is 290 g/mol. The molecule has 0 aromatic heterocycles. The zero-order valence-electron chi connectivity index (χ0n) is 14.1. The van der Waals surface area contributed by atoms with Gasteiger partial charge < -0.3 is 10.1 Å². The largest absolute Gasteiger partial charge is 0.494 e. The quantitative estimate of drug-likeness (QED) is 0.599. The van der Waals surface area contributed by atoms with Crippen molar-refractivity contribution >= 4 is 11.9 Å². The molecule has 0 radical (unpaired) electrons. The average molecular weight is 315 g/mol. The second-order valence-corrected chi connectivity index (χ2v) is 6.04. The van der Waals surface area contributed by atoms with Gasteiger partial charge in [0.25, 0.3) is 5.91 Å². The van der Waals surface area contributed by atoms with Crippen LogP contribution < -0.4 is 10.1 Å². The van der Waals surface area contributed by atoms with Crippen LogP contribution in [0.25, 0.3) is 0 Å². The summed E-state index contributed by atoms with van der Waals surface area (Å²) < 4.78 is 5.63. The second-order valence-electron chi connectivity index (χ2n) is 6.04. The number of ether oxygens (including phenoxy) is 1. The molecular formula is C18H25N3O2. The summed E-state index contributed by atoms with van der Waals surface area (Å²) in [5, 5.41) is 10.8. The van der Waals surface area contributed by atoms with E-state index in [1.54, 1.807) is 0 Å². The van der Waals surface area contributed by atoms with Crippen molar-refractivity contribution < 1.29 is 9.53 Å². The predicted molar refractivity (Wildman–Crippen MR) is 91.2 cm³/mol. The number of hydrogen-bond donors (Lipinski definition) is 2. The number of hydrogen-bond acceptors (Lipinski definition) is 3. The first-order chi connectivity index (χ1) is 11.0. The topological polar surface area (TPSA) is 65.4 Å². The molecule has 0 bridgehead atoms. The van der Waals surface area contributed by atoms with Gasteiger partial charge in [-0.1, -0.05) is 45.4 Å². The third-order valence-corrected chi connectivity index (χ3v) is 3.53. The smallest absolute Gasteiger partial charge is 0.277 e. The van der Waals surface area contributed by atoms with Crippen molar-refractivity contribution in [3.05, 3.63) is 41.6 Å². The van der Waals surface area contributed by atoms with Crippen molar-refractivity contribution in [3.63, 3.8) is 0 Å². The maximum atomic E-state index is 12.3. The normalized spacial score (nSPS) is 16.3. The van der Waals surface area contributed by atoms with Crippen LogP contribution in [0.2, 0.25) is 0 Å². The molecule has 5 nitrogen and oxygen atoms in total. The summed E-state index contributed by atoms with van der Waals surface area (Å²) >= 11 is 0. The van der Waals surface area contributed by atoms with Gasteiger partial charge in [0.15, 0.2) is 0 Å². The van der Waals surface area contributed by atoms with E-state index in [1.807, 2.05) is 44.2 Å². The number of amides is 1. The van der Waals surface area contributed by atoms with E-state index in [0.717, 1.165) is 30.8 Å². The maximum absolute atomic E-state index is 12.3. The van der Waals surface area contributed by atoms with Crippen molar-refractivity contribution in [2.45, 2.75) is 40.2 Å². The first-order valence-corrected chi connectivity index (χ1v) is 8.12. The Morgan fingerprint density at radius 2 is 2.00 bits per heavy atom. The molecule has 1 fully saturated rings. The predicted octanol–water partition coefficient (Wildman–Crippen LogP) is 3.27. The molecule has 1 saturated heterocycles. The van der Waals surface area contributed by atoms with Gasteiger partial charge in [-0.15, -0.1) is 0 Å². The van der Waals surface area contributed by atoms with E-state index in [9.17, 15) is 4.79 Å². The summed E-state index contributed by atoms with van der Waals surface area (Å²) in [6.07, 6.45) is 4.00. The van der Waals surface area contributed by atoms with Crippen LogP contribution in [-0.4, -0.2) is 23.4 Å². The zero-order chi connectivity index (χ0) is 16.8. The van der Waals surface area contributed by atoms with Crippen molar-refractivity contribution in [2.24, 2.45) is 5.92 Å². The van der Waals surface area contributed by atoms with E-state index >= 15 is 0 Å². The number of allylic oxidation sites excluding steroid dienone is 1. The van der Waals surface area contributed by atoms with E-state index in [-0.39, 0.29) is 17.8 Å². The maximum Gasteiger partial charge on any atom is 0.277 e. The zero-order valence-corrected chi connectivity index (χ0v) is 14.1. The Bertz CT molecular complexity index is 591. The Labute approximate surface area is 137 Å². The molecule has 1 aromatic carbocycles. The fourth-order valence-electron chi connectivity index (χ4n) is 2.30. The molecule has 124 valence electrons. The Morgan fingerprint density at radius 1 is 1.30 bits per heavy atom. The minimum atomic E-state index is -0.146. The Morgan fingerprint density at radius 3 is 2.61 bits per heavy atom.